The van der Waals surface area contributed by atoms with Crippen LogP contribution in [0.2, 0.25) is 5.02 Å². The molecule has 1 fully saturated rings. The second-order valence-electron chi connectivity index (χ2n) is 6.11. The van der Waals surface area contributed by atoms with Crippen molar-refractivity contribution < 1.29 is 9.59 Å². The zero-order valence-corrected chi connectivity index (χ0v) is 15.0. The minimum atomic E-state index is -0.0787. The Kier molecular flexibility index (Phi) is 5.39. The Morgan fingerprint density at radius 1 is 0.880 bits per heavy atom. The van der Waals surface area contributed by atoms with Gasteiger partial charge in [0, 0.05) is 31.7 Å². The van der Waals surface area contributed by atoms with Crippen LogP contribution in [0, 0.1) is 0 Å². The Morgan fingerprint density at radius 3 is 2.00 bits per heavy atom. The summed E-state index contributed by atoms with van der Waals surface area (Å²) < 4.78 is 0. The molecule has 1 saturated heterocycles. The fraction of sp³-hybridized carbons (Fsp3) is 0.300. The molecule has 130 valence electrons. The van der Waals surface area contributed by atoms with Gasteiger partial charge in [-0.25, -0.2) is 0 Å². The summed E-state index contributed by atoms with van der Waals surface area (Å²) in [5.41, 5.74) is 2.42. The maximum Gasteiger partial charge on any atom is 0.255 e. The summed E-state index contributed by atoms with van der Waals surface area (Å²) in [6.07, 6.45) is 0.956. The third kappa shape index (κ3) is 3.85. The Balaban J connectivity index is 1.62. The summed E-state index contributed by atoms with van der Waals surface area (Å²) in [5.74, 6) is -0.0579. The van der Waals surface area contributed by atoms with Gasteiger partial charge in [-0.3, -0.25) is 9.59 Å². The van der Waals surface area contributed by atoms with Gasteiger partial charge in [0.05, 0.1) is 10.6 Å². The molecule has 2 amide bonds. The fourth-order valence-corrected chi connectivity index (χ4v) is 3.20. The molecule has 0 saturated carbocycles. The molecule has 1 heterocycles. The molecule has 3 rings (SSSR count). The first-order chi connectivity index (χ1) is 12.1. The van der Waals surface area contributed by atoms with Crippen LogP contribution in [-0.2, 0) is 6.42 Å². The lowest BCUT2D eigenvalue weighted by atomic mass is 10.1. The molecule has 5 heteroatoms. The Bertz CT molecular complexity index is 766. The van der Waals surface area contributed by atoms with Crippen molar-refractivity contribution in [2.75, 3.05) is 26.2 Å². The van der Waals surface area contributed by atoms with E-state index in [1.807, 2.05) is 24.3 Å². The minimum absolute atomic E-state index is 0.0208. The lowest BCUT2D eigenvalue weighted by Crippen LogP contribution is -2.50. The third-order valence-electron chi connectivity index (χ3n) is 4.57. The molecule has 0 aliphatic carbocycles. The minimum Gasteiger partial charge on any atom is -0.335 e. The van der Waals surface area contributed by atoms with Crippen molar-refractivity contribution >= 4 is 23.4 Å². The zero-order chi connectivity index (χ0) is 17.8. The first-order valence-electron chi connectivity index (χ1n) is 8.52. The number of halogens is 1. The van der Waals surface area contributed by atoms with Crippen molar-refractivity contribution in [3.05, 3.63) is 70.2 Å². The van der Waals surface area contributed by atoms with Gasteiger partial charge in [0.15, 0.2) is 0 Å². The molecule has 1 aliphatic heterocycles. The normalized spacial score (nSPS) is 14.5. The van der Waals surface area contributed by atoms with E-state index in [2.05, 4.69) is 6.92 Å². The molecule has 0 bridgehead atoms. The van der Waals surface area contributed by atoms with Crippen LogP contribution in [0.4, 0.5) is 0 Å². The Labute approximate surface area is 153 Å². The summed E-state index contributed by atoms with van der Waals surface area (Å²) in [6, 6.07) is 14.8. The fourth-order valence-electron chi connectivity index (χ4n) is 2.98. The first kappa shape index (κ1) is 17.5. The van der Waals surface area contributed by atoms with Crippen LogP contribution in [0.5, 0.6) is 0 Å². The quantitative estimate of drug-likeness (QED) is 0.844. The molecular weight excluding hydrogens is 336 g/mol. The van der Waals surface area contributed by atoms with Crippen molar-refractivity contribution in [3.8, 4) is 0 Å². The van der Waals surface area contributed by atoms with E-state index in [1.165, 1.54) is 5.56 Å². The number of carbonyl (C=O) groups excluding carboxylic acids is 2. The number of aryl methyl sites for hydroxylation is 1. The SMILES string of the molecule is CCc1ccc(C(=O)N2CCN(C(=O)c3ccccc3Cl)CC2)cc1. The van der Waals surface area contributed by atoms with E-state index < -0.39 is 0 Å². The molecule has 4 nitrogen and oxygen atoms in total. The van der Waals surface area contributed by atoms with Gasteiger partial charge in [-0.1, -0.05) is 42.8 Å². The molecule has 0 radical (unpaired) electrons. The summed E-state index contributed by atoms with van der Waals surface area (Å²) >= 11 is 6.11. The van der Waals surface area contributed by atoms with Gasteiger partial charge in [-0.05, 0) is 36.2 Å². The molecule has 0 spiro atoms. The van der Waals surface area contributed by atoms with Crippen LogP contribution >= 0.6 is 11.6 Å². The summed E-state index contributed by atoms with van der Waals surface area (Å²) in [4.78, 5) is 28.7. The molecule has 0 aromatic heterocycles. The van der Waals surface area contributed by atoms with E-state index in [0.717, 1.165) is 6.42 Å². The Morgan fingerprint density at radius 2 is 1.44 bits per heavy atom. The smallest absolute Gasteiger partial charge is 0.255 e. The topological polar surface area (TPSA) is 40.6 Å². The molecule has 1 aliphatic rings. The maximum absolute atomic E-state index is 12.6. The number of rotatable bonds is 3. The van der Waals surface area contributed by atoms with Crippen LogP contribution in [0.1, 0.15) is 33.2 Å². The molecule has 2 aromatic rings. The van der Waals surface area contributed by atoms with E-state index in [1.54, 1.807) is 34.1 Å². The molecule has 0 unspecified atom stereocenters. The predicted octanol–water partition coefficient (Wildman–Crippen LogP) is 3.50. The van der Waals surface area contributed by atoms with Crippen LogP contribution in [0.25, 0.3) is 0 Å². The van der Waals surface area contributed by atoms with E-state index in [0.29, 0.717) is 42.3 Å². The molecule has 0 N–H and O–H groups in total. The second kappa shape index (κ2) is 7.70. The maximum atomic E-state index is 12.6. The van der Waals surface area contributed by atoms with Gasteiger partial charge in [0.2, 0.25) is 0 Å². The Hall–Kier alpha value is -2.33. The average molecular weight is 357 g/mol. The van der Waals surface area contributed by atoms with Gasteiger partial charge in [0.1, 0.15) is 0 Å². The molecule has 25 heavy (non-hydrogen) atoms. The largest absolute Gasteiger partial charge is 0.335 e. The standard InChI is InChI=1S/C20H21ClN2O2/c1-2-15-7-9-16(10-8-15)19(24)22-11-13-23(14-12-22)20(25)17-5-3-4-6-18(17)21/h3-10H,2,11-14H2,1H3. The van der Waals surface area contributed by atoms with E-state index >= 15 is 0 Å². The van der Waals surface area contributed by atoms with Crippen LogP contribution in [-0.4, -0.2) is 47.8 Å². The van der Waals surface area contributed by atoms with Gasteiger partial charge in [-0.15, -0.1) is 0 Å². The average Bonchev–Trinajstić information content (AvgIpc) is 2.67. The van der Waals surface area contributed by atoms with Gasteiger partial charge < -0.3 is 9.80 Å². The lowest BCUT2D eigenvalue weighted by Gasteiger charge is -2.35. The van der Waals surface area contributed by atoms with E-state index in [9.17, 15) is 9.59 Å². The highest BCUT2D eigenvalue weighted by atomic mass is 35.5. The first-order valence-corrected chi connectivity index (χ1v) is 8.90. The zero-order valence-electron chi connectivity index (χ0n) is 14.2. The van der Waals surface area contributed by atoms with Gasteiger partial charge in [-0.2, -0.15) is 0 Å². The number of hydrogen-bond acceptors (Lipinski definition) is 2. The van der Waals surface area contributed by atoms with E-state index in [4.69, 9.17) is 11.6 Å². The van der Waals surface area contributed by atoms with Gasteiger partial charge >= 0.3 is 0 Å². The highest BCUT2D eigenvalue weighted by Crippen LogP contribution is 2.18. The summed E-state index contributed by atoms with van der Waals surface area (Å²) in [6.45, 7) is 4.19. The summed E-state index contributed by atoms with van der Waals surface area (Å²) in [7, 11) is 0. The summed E-state index contributed by atoms with van der Waals surface area (Å²) in [5, 5.41) is 0.460. The number of benzene rings is 2. The highest BCUT2D eigenvalue weighted by molar-refractivity contribution is 6.33. The lowest BCUT2D eigenvalue weighted by molar-refractivity contribution is 0.0535. The predicted molar refractivity (Wildman–Crippen MR) is 99.1 cm³/mol. The molecular formula is C20H21ClN2O2. The van der Waals surface area contributed by atoms with Crippen molar-refractivity contribution in [1.82, 2.24) is 9.80 Å². The van der Waals surface area contributed by atoms with Crippen LogP contribution < -0.4 is 0 Å². The molecule has 0 atom stereocenters. The van der Waals surface area contributed by atoms with Crippen LogP contribution in [0.15, 0.2) is 48.5 Å². The van der Waals surface area contributed by atoms with Gasteiger partial charge in [0.25, 0.3) is 11.8 Å². The van der Waals surface area contributed by atoms with Crippen LogP contribution in [0.3, 0.4) is 0 Å². The number of piperazine rings is 1. The third-order valence-corrected chi connectivity index (χ3v) is 4.90. The van der Waals surface area contributed by atoms with Crippen molar-refractivity contribution in [3.63, 3.8) is 0 Å². The molecule has 2 aromatic carbocycles. The number of amides is 2. The number of carbonyl (C=O) groups is 2. The number of nitrogens with zero attached hydrogens (tertiary/aromatic N) is 2. The van der Waals surface area contributed by atoms with Crippen molar-refractivity contribution in [1.29, 1.82) is 0 Å². The van der Waals surface area contributed by atoms with E-state index in [-0.39, 0.29) is 11.8 Å². The van der Waals surface area contributed by atoms with Crippen molar-refractivity contribution in [2.45, 2.75) is 13.3 Å². The monoisotopic (exact) mass is 356 g/mol. The number of hydrogen-bond donors (Lipinski definition) is 0. The van der Waals surface area contributed by atoms with Crippen molar-refractivity contribution in [2.24, 2.45) is 0 Å². The highest BCUT2D eigenvalue weighted by Gasteiger charge is 2.26. The second-order valence-corrected chi connectivity index (χ2v) is 6.52.